The number of aromatic nitrogens is 3. The average molecular weight is 645 g/mol. The first kappa shape index (κ1) is 30.1. The van der Waals surface area contributed by atoms with Crippen molar-refractivity contribution in [1.82, 2.24) is 19.3 Å². The highest BCUT2D eigenvalue weighted by Crippen LogP contribution is 2.36. The summed E-state index contributed by atoms with van der Waals surface area (Å²) in [7, 11) is -3.90. The Morgan fingerprint density at radius 2 is 1.62 bits per heavy atom. The van der Waals surface area contributed by atoms with Crippen molar-refractivity contribution in [2.45, 2.75) is 36.6 Å². The molecule has 230 valence electrons. The molecule has 45 heavy (non-hydrogen) atoms. The van der Waals surface area contributed by atoms with Gasteiger partial charge >= 0.3 is 6.09 Å². The highest BCUT2D eigenvalue weighted by molar-refractivity contribution is 7.90. The molecule has 1 fully saturated rings. The van der Waals surface area contributed by atoms with Crippen molar-refractivity contribution in [3.8, 4) is 11.3 Å². The normalized spacial score (nSPS) is 16.6. The van der Waals surface area contributed by atoms with Gasteiger partial charge in [0.15, 0.2) is 0 Å². The van der Waals surface area contributed by atoms with Crippen LogP contribution in [0.15, 0.2) is 96.2 Å². The van der Waals surface area contributed by atoms with Crippen LogP contribution < -0.4 is 16.0 Å². The number of anilines is 3. The molecule has 6 rings (SSSR count). The van der Waals surface area contributed by atoms with E-state index in [1.165, 1.54) is 16.4 Å². The first-order valence-corrected chi connectivity index (χ1v) is 16.1. The third kappa shape index (κ3) is 6.47. The number of carbonyl (C=O) groups excluding carboxylic acids is 1. The molecule has 0 bridgehead atoms. The van der Waals surface area contributed by atoms with Crippen molar-refractivity contribution >= 4 is 61.9 Å². The van der Waals surface area contributed by atoms with E-state index in [4.69, 9.17) is 16.7 Å². The van der Waals surface area contributed by atoms with E-state index >= 15 is 0 Å². The van der Waals surface area contributed by atoms with Crippen LogP contribution in [0.1, 0.15) is 25.7 Å². The Kier molecular flexibility index (Phi) is 8.42. The second kappa shape index (κ2) is 12.6. The number of carbonyl (C=O) groups is 2. The molecule has 5 aromatic rings. The van der Waals surface area contributed by atoms with Crippen molar-refractivity contribution in [3.05, 3.63) is 96.3 Å². The van der Waals surface area contributed by atoms with Gasteiger partial charge in [-0.15, -0.1) is 0 Å². The van der Waals surface area contributed by atoms with Crippen LogP contribution in [0.25, 0.3) is 22.2 Å². The van der Waals surface area contributed by atoms with Gasteiger partial charge in [0.05, 0.1) is 27.3 Å². The first-order valence-electron chi connectivity index (χ1n) is 14.3. The van der Waals surface area contributed by atoms with Crippen molar-refractivity contribution in [3.63, 3.8) is 0 Å². The van der Waals surface area contributed by atoms with Crippen LogP contribution in [0.3, 0.4) is 0 Å². The Balaban J connectivity index is 1.23. The average Bonchev–Trinajstić information content (AvgIpc) is 3.43. The van der Waals surface area contributed by atoms with E-state index in [9.17, 15) is 18.0 Å². The van der Waals surface area contributed by atoms with Gasteiger partial charge in [0, 0.05) is 40.5 Å². The molecule has 1 saturated carbocycles. The van der Waals surface area contributed by atoms with E-state index in [0.29, 0.717) is 59.2 Å². The molecule has 0 saturated heterocycles. The molecule has 1 aliphatic rings. The summed E-state index contributed by atoms with van der Waals surface area (Å²) in [4.78, 5) is 32.9. The minimum absolute atomic E-state index is 0.118. The van der Waals surface area contributed by atoms with Crippen molar-refractivity contribution < 1.29 is 23.1 Å². The topological polar surface area (TPSA) is 155 Å². The van der Waals surface area contributed by atoms with Crippen LogP contribution in [-0.4, -0.2) is 45.5 Å². The standard InChI is InChI=1S/C32H29ClN6O5S/c33-27-18-34-31(36-23-8-6-7-22(17-23)35-30(40)20-13-15-21(16-14-20)37-32(41)42)38-29(27)26-19-39(28-12-5-4-11-25(26)28)45(43,44)24-9-2-1-3-10-24/h1-12,17-21,37H,13-16H2,(H,35,40)(H,41,42)(H,34,36,38). The number of nitrogens with zero attached hydrogens (tertiary/aromatic N) is 3. The molecule has 4 N–H and O–H groups in total. The summed E-state index contributed by atoms with van der Waals surface area (Å²) < 4.78 is 28.4. The number of hydrogen-bond acceptors (Lipinski definition) is 7. The van der Waals surface area contributed by atoms with E-state index < -0.39 is 16.1 Å². The minimum atomic E-state index is -3.90. The highest BCUT2D eigenvalue weighted by Gasteiger charge is 2.27. The number of rotatable bonds is 8. The van der Waals surface area contributed by atoms with Crippen molar-refractivity contribution in [1.29, 1.82) is 0 Å². The third-order valence-corrected chi connectivity index (χ3v) is 9.75. The molecule has 2 amide bonds. The first-order chi connectivity index (χ1) is 21.7. The summed E-state index contributed by atoms with van der Waals surface area (Å²) in [5, 5.41) is 18.4. The van der Waals surface area contributed by atoms with E-state index in [-0.39, 0.29) is 33.7 Å². The Morgan fingerprint density at radius 3 is 2.38 bits per heavy atom. The number of hydrogen-bond donors (Lipinski definition) is 4. The smallest absolute Gasteiger partial charge is 0.404 e. The number of amides is 2. The lowest BCUT2D eigenvalue weighted by Crippen LogP contribution is -2.38. The summed E-state index contributed by atoms with van der Waals surface area (Å²) in [6.45, 7) is 0. The maximum atomic E-state index is 13.6. The van der Waals surface area contributed by atoms with Crippen LogP contribution in [0, 0.1) is 5.92 Å². The van der Waals surface area contributed by atoms with Gasteiger partial charge in [-0.05, 0) is 62.1 Å². The zero-order valence-electron chi connectivity index (χ0n) is 23.9. The number of fused-ring (bicyclic) bond motifs is 1. The molecule has 0 unspecified atom stereocenters. The predicted octanol–water partition coefficient (Wildman–Crippen LogP) is 6.50. The van der Waals surface area contributed by atoms with E-state index in [2.05, 4.69) is 25.9 Å². The van der Waals surface area contributed by atoms with Gasteiger partial charge in [-0.25, -0.2) is 27.2 Å². The Hall–Kier alpha value is -4.94. The fourth-order valence-corrected chi connectivity index (χ4v) is 7.17. The van der Waals surface area contributed by atoms with E-state index in [1.807, 2.05) is 12.1 Å². The lowest BCUT2D eigenvalue weighted by Gasteiger charge is -2.27. The van der Waals surface area contributed by atoms with Crippen LogP contribution in [0.5, 0.6) is 0 Å². The van der Waals surface area contributed by atoms with Crippen molar-refractivity contribution in [2.24, 2.45) is 5.92 Å². The zero-order valence-corrected chi connectivity index (χ0v) is 25.4. The molecule has 3 aromatic carbocycles. The molecule has 0 atom stereocenters. The number of nitrogens with one attached hydrogen (secondary N) is 3. The summed E-state index contributed by atoms with van der Waals surface area (Å²) in [6, 6.07) is 22.3. The molecule has 11 nitrogen and oxygen atoms in total. The lowest BCUT2D eigenvalue weighted by atomic mass is 9.85. The monoisotopic (exact) mass is 644 g/mol. The van der Waals surface area contributed by atoms with Gasteiger partial charge < -0.3 is 21.1 Å². The Morgan fingerprint density at radius 1 is 0.911 bits per heavy atom. The van der Waals surface area contributed by atoms with E-state index in [1.54, 1.807) is 66.7 Å². The van der Waals surface area contributed by atoms with E-state index in [0.717, 1.165) is 0 Å². The summed E-state index contributed by atoms with van der Waals surface area (Å²) in [6.07, 6.45) is 4.33. The molecule has 0 spiro atoms. The second-order valence-corrected chi connectivity index (χ2v) is 13.0. The lowest BCUT2D eigenvalue weighted by molar-refractivity contribution is -0.120. The number of carboxylic acid groups (broad SMARTS) is 1. The fraction of sp³-hybridized carbons (Fsp3) is 0.188. The molecular weight excluding hydrogens is 616 g/mol. The maximum Gasteiger partial charge on any atom is 0.404 e. The Labute approximate surface area is 264 Å². The summed E-state index contributed by atoms with van der Waals surface area (Å²) >= 11 is 6.57. The van der Waals surface area contributed by atoms with Gasteiger partial charge in [-0.2, -0.15) is 0 Å². The van der Waals surface area contributed by atoms with Gasteiger partial charge in [0.1, 0.15) is 0 Å². The molecular formula is C32H29ClN6O5S. The number of halogens is 1. The molecule has 0 aliphatic heterocycles. The molecule has 2 heterocycles. The van der Waals surface area contributed by atoms with Crippen LogP contribution in [0.4, 0.5) is 22.1 Å². The second-order valence-electron chi connectivity index (χ2n) is 10.8. The summed E-state index contributed by atoms with van der Waals surface area (Å²) in [5.41, 5.74) is 2.55. The van der Waals surface area contributed by atoms with Crippen molar-refractivity contribution in [2.75, 3.05) is 10.6 Å². The third-order valence-electron chi connectivity index (χ3n) is 7.79. The quantitative estimate of drug-likeness (QED) is 0.149. The number of para-hydroxylation sites is 1. The van der Waals surface area contributed by atoms with Gasteiger partial charge in [-0.3, -0.25) is 4.79 Å². The molecule has 2 aromatic heterocycles. The van der Waals surface area contributed by atoms with Crippen LogP contribution in [0.2, 0.25) is 5.02 Å². The number of benzene rings is 3. The Bertz CT molecular complexity index is 1990. The predicted molar refractivity (Wildman–Crippen MR) is 172 cm³/mol. The van der Waals surface area contributed by atoms with Crippen LogP contribution in [-0.2, 0) is 14.8 Å². The highest BCUT2D eigenvalue weighted by atomic mass is 35.5. The minimum Gasteiger partial charge on any atom is -0.465 e. The van der Waals surface area contributed by atoms with Gasteiger partial charge in [-0.1, -0.05) is 54.1 Å². The van der Waals surface area contributed by atoms with Crippen LogP contribution >= 0.6 is 11.6 Å². The fourth-order valence-electron chi connectivity index (χ4n) is 5.58. The molecule has 1 aliphatic carbocycles. The van der Waals surface area contributed by atoms with Gasteiger partial charge in [0.25, 0.3) is 10.0 Å². The SMILES string of the molecule is O=C(O)NC1CCC(C(=O)Nc2cccc(Nc3ncc(Cl)c(-c4cn(S(=O)(=O)c5ccccc5)c5ccccc45)n3)c2)CC1. The zero-order chi connectivity index (χ0) is 31.6. The molecule has 13 heteroatoms. The van der Waals surface area contributed by atoms with Gasteiger partial charge in [0.2, 0.25) is 11.9 Å². The largest absolute Gasteiger partial charge is 0.465 e. The molecule has 0 radical (unpaired) electrons. The summed E-state index contributed by atoms with van der Waals surface area (Å²) in [5.74, 6) is -0.0962. The maximum absolute atomic E-state index is 13.6.